The summed E-state index contributed by atoms with van der Waals surface area (Å²) in [5, 5.41) is 91.5. The summed E-state index contributed by atoms with van der Waals surface area (Å²) in [7, 11) is 2.58. The number of aromatic nitrogens is 8. The first-order valence-corrected chi connectivity index (χ1v) is 42.3. The maximum atomic E-state index is 6.00. The molecule has 3 unspecified atom stereocenters. The minimum atomic E-state index is -0.576. The first-order valence-electron chi connectivity index (χ1n) is 42.3. The Morgan fingerprint density at radius 1 is 0.284 bits per heavy atom. The maximum absolute atomic E-state index is 6.00. The summed E-state index contributed by atoms with van der Waals surface area (Å²) in [6, 6.07) is 27.6. The monoisotopic (exact) mass is 1460 g/mol. The molecule has 6 heterocycles. The van der Waals surface area contributed by atoms with Gasteiger partial charge in [-0.3, -0.25) is 4.90 Å². The van der Waals surface area contributed by atoms with Crippen LogP contribution in [0.3, 0.4) is 0 Å². The molecular weight excluding hydrogens is 1410 g/mol. The molecule has 116 heavy (non-hydrogen) atoms. The van der Waals surface area contributed by atoms with Crippen molar-refractivity contribution in [3.63, 3.8) is 0 Å². The fourth-order valence-corrected chi connectivity index (χ4v) is 33.3. The minimum Gasteiger partial charge on any atom is -0.324 e. The van der Waals surface area contributed by atoms with Gasteiger partial charge in [-0.25, -0.2) is 29.9 Å². The molecule has 3 atom stereocenters. The lowest BCUT2D eigenvalue weighted by atomic mass is 9.49. The van der Waals surface area contributed by atoms with Crippen molar-refractivity contribution in [1.82, 2.24) is 44.8 Å². The number of nitrogens with one attached hydrogen (secondary N) is 2. The second-order valence-electron chi connectivity index (χ2n) is 42.2. The average Bonchev–Trinajstić information content (AvgIpc) is 1.38. The summed E-state index contributed by atoms with van der Waals surface area (Å²) in [6.45, 7) is 21.6. The maximum Gasteiger partial charge on any atom is 0.165 e. The van der Waals surface area contributed by atoms with Crippen LogP contribution in [-0.2, 0) is 27.1 Å². The standard InChI is InChI=1S/C107H47N9/c1-103(2,3)25-18-20-27-31(22-25)100-109-95(27)108-99-30-21-24(17-19-26(30)96(110-99)112-101-35-29(14-12-16-33(35)105(7,8)9)98(114-101)115-102-34-28(97(111-100)113-102)13-11-15-32(34)104(4,5)6)94-107-92-85-77-65-57-48-39-37-36-38-42(39)51-58-56-47(38)49-45-40(36)43-44-41(37)46-50(48)63(65)71-69-55(46)53(44)61-60-52(43)54(45)68-70-62(49)64(56)76-78-66(58)67(59(51)57)79(77)88(92)87(78)90-83(76)81(70)84-74(68)72(60)80-73(61)75(69)86(82(71)85)93(107)89(80)91(84)106(90,107)23-116(94)10/h11-22,94H,23H2,1-10H3,(H2,108,109,110,111,112,113,114,115). The van der Waals surface area contributed by atoms with Gasteiger partial charge in [0.15, 0.2) is 23.3 Å². The van der Waals surface area contributed by atoms with E-state index in [-0.39, 0.29) is 22.3 Å². The number of benzene rings is 21. The first-order chi connectivity index (χ1) is 56.5. The fourth-order valence-electron chi connectivity index (χ4n) is 33.3. The topological polar surface area (TPSA) is 112 Å². The molecule has 32 aromatic carbocycles. The first kappa shape index (κ1) is 52.1. The van der Waals surface area contributed by atoms with Crippen LogP contribution in [0.2, 0.25) is 0 Å². The van der Waals surface area contributed by atoms with Crippen LogP contribution < -0.4 is 0 Å². The predicted molar refractivity (Wildman–Crippen MR) is 481 cm³/mol. The van der Waals surface area contributed by atoms with Gasteiger partial charge in [0.1, 0.15) is 22.6 Å². The number of fused-ring (bicyclic) bond motifs is 20. The molecule has 7 aliphatic rings. The molecule has 3 aliphatic heterocycles. The molecule has 9 heteroatoms. The lowest BCUT2D eigenvalue weighted by Gasteiger charge is -2.50. The van der Waals surface area contributed by atoms with E-state index >= 15 is 0 Å². The average molecular weight is 1460 g/mol. The number of likely N-dealkylation sites (N-methyl/N-ethyl adjacent to an activating group) is 1. The molecule has 0 amide bonds. The molecule has 3 aromatic heterocycles. The highest BCUT2D eigenvalue weighted by molar-refractivity contribution is 6.82. The zero-order chi connectivity index (χ0) is 73.5. The van der Waals surface area contributed by atoms with Gasteiger partial charge in [-0.2, -0.15) is 0 Å². The van der Waals surface area contributed by atoms with Crippen LogP contribution in [0.5, 0.6) is 0 Å². The van der Waals surface area contributed by atoms with E-state index in [0.29, 0.717) is 40.2 Å². The van der Waals surface area contributed by atoms with Crippen LogP contribution in [0, 0.1) is 0 Å². The summed E-state index contributed by atoms with van der Waals surface area (Å²) in [5.74, 6) is 2.52. The van der Waals surface area contributed by atoms with Crippen molar-refractivity contribution < 1.29 is 0 Å². The van der Waals surface area contributed by atoms with Crippen LogP contribution in [0.1, 0.15) is 113 Å². The molecule has 2 N–H and O–H groups in total. The van der Waals surface area contributed by atoms with E-state index in [1.165, 1.54) is 22.3 Å². The minimum absolute atomic E-state index is 0.124. The highest BCUT2D eigenvalue weighted by atomic mass is 15.2. The molecule has 2 spiro atoms. The highest BCUT2D eigenvalue weighted by Gasteiger charge is 2.76. The molecule has 8 bridgehead atoms. The molecule has 0 radical (unpaired) electrons. The zero-order valence-corrected chi connectivity index (χ0v) is 63.8. The summed E-state index contributed by atoms with van der Waals surface area (Å²) in [6.07, 6.45) is 0. The molecule has 520 valence electrons. The third kappa shape index (κ3) is 3.77. The van der Waals surface area contributed by atoms with E-state index in [1.807, 2.05) is 0 Å². The molecule has 9 nitrogen and oxygen atoms in total. The summed E-state index contributed by atoms with van der Waals surface area (Å²) >= 11 is 0. The van der Waals surface area contributed by atoms with Gasteiger partial charge in [0, 0.05) is 56.4 Å². The zero-order valence-electron chi connectivity index (χ0n) is 63.8. The van der Waals surface area contributed by atoms with Crippen LogP contribution in [-0.4, -0.2) is 58.4 Å². The van der Waals surface area contributed by atoms with Crippen molar-refractivity contribution in [2.45, 2.75) is 95.4 Å². The molecule has 1 fully saturated rings. The second kappa shape index (κ2) is 13.4. The Hall–Kier alpha value is -13.3. The van der Waals surface area contributed by atoms with Crippen molar-refractivity contribution in [3.05, 3.63) is 117 Å². The van der Waals surface area contributed by atoms with Gasteiger partial charge in [0.25, 0.3) is 0 Å². The molecule has 1 saturated heterocycles. The number of rotatable bonds is 1. The van der Waals surface area contributed by atoms with Crippen molar-refractivity contribution in [1.29, 1.82) is 0 Å². The third-order valence-corrected chi connectivity index (χ3v) is 35.6. The van der Waals surface area contributed by atoms with E-state index in [2.05, 4.69) is 157 Å². The third-order valence-electron chi connectivity index (χ3n) is 35.6. The van der Waals surface area contributed by atoms with Crippen LogP contribution in [0.25, 0.3) is 381 Å². The van der Waals surface area contributed by atoms with E-state index in [9.17, 15) is 0 Å². The largest absolute Gasteiger partial charge is 0.324 e. The van der Waals surface area contributed by atoms with Gasteiger partial charge >= 0.3 is 0 Å². The number of hydrogen-bond acceptors (Lipinski definition) is 7. The van der Waals surface area contributed by atoms with Crippen molar-refractivity contribution in [2.24, 2.45) is 0 Å². The van der Waals surface area contributed by atoms with E-state index in [4.69, 9.17) is 29.9 Å². The summed E-state index contributed by atoms with van der Waals surface area (Å²) in [5.41, 5.74) is 16.7. The number of hydrogen-bond donors (Lipinski definition) is 2. The van der Waals surface area contributed by atoms with Gasteiger partial charge in [0.2, 0.25) is 0 Å². The lowest BCUT2D eigenvalue weighted by Crippen LogP contribution is -2.50. The number of H-pyrrole nitrogens is 2. The Balaban J connectivity index is 0.700. The summed E-state index contributed by atoms with van der Waals surface area (Å²) < 4.78 is 0. The molecule has 42 rings (SSSR count). The Morgan fingerprint density at radius 2 is 0.638 bits per heavy atom. The van der Waals surface area contributed by atoms with Crippen LogP contribution in [0.4, 0.5) is 0 Å². The normalized spacial score (nSPS) is 19.9. The predicted octanol–water partition coefficient (Wildman–Crippen LogP) is 27.1. The molecular formula is C107H47N9. The fraction of sp³-hybridized carbons (Fsp3) is 0.159. The van der Waals surface area contributed by atoms with E-state index in [1.54, 1.807) is 313 Å². The van der Waals surface area contributed by atoms with Gasteiger partial charge in [-0.1, -0.05) is 123 Å². The Kier molecular flexibility index (Phi) is 6.00. The molecule has 4 aliphatic carbocycles. The van der Waals surface area contributed by atoms with Crippen molar-refractivity contribution in [3.8, 4) is 45.6 Å². The van der Waals surface area contributed by atoms with Gasteiger partial charge < -0.3 is 9.97 Å². The van der Waals surface area contributed by atoms with Crippen LogP contribution in [0.15, 0.2) is 72.8 Å². The Bertz CT molecular complexity index is 11100. The molecule has 0 saturated carbocycles. The smallest absolute Gasteiger partial charge is 0.165 e. The van der Waals surface area contributed by atoms with E-state index < -0.39 is 10.8 Å². The van der Waals surface area contributed by atoms with Gasteiger partial charge in [-0.15, -0.1) is 0 Å². The summed E-state index contributed by atoms with van der Waals surface area (Å²) in [4.78, 5) is 45.6. The van der Waals surface area contributed by atoms with E-state index in [0.717, 1.165) is 56.0 Å². The van der Waals surface area contributed by atoms with Gasteiger partial charge in [-0.05, 0) is 371 Å². The second-order valence-corrected chi connectivity index (χ2v) is 42.2. The van der Waals surface area contributed by atoms with Crippen LogP contribution >= 0.6 is 0 Å². The molecule has 35 aromatic rings. The van der Waals surface area contributed by atoms with Gasteiger partial charge in [0.05, 0.1) is 10.8 Å². The highest BCUT2D eigenvalue weighted by Crippen LogP contribution is 2.87. The number of aromatic amines is 2. The Labute approximate surface area is 647 Å². The van der Waals surface area contributed by atoms with Crippen molar-refractivity contribution in [2.75, 3.05) is 13.6 Å². The Morgan fingerprint density at radius 3 is 1.13 bits per heavy atom. The van der Waals surface area contributed by atoms with Crippen molar-refractivity contribution >= 4 is 335 Å². The lowest BCUT2D eigenvalue weighted by molar-refractivity contribution is 0.272. The SMILES string of the molecule is CN1CC23c4c5c6c7c8c9c(c%10c%11c2c2c%12c4c4c%13c5c5c7c7c8c8c%14c9c%10c9c%10c%11c2c2c%11c%12c4c4c%12c%13c5c5c7c7c8c8c%14c9c9c%10c2c2c%11c4c4c%12c5c7c5c8c9c2c45)C63C1c1ccc2c(c1)-c1nc-2nc2[nH]c(nc3nc(nc4[nH]c(n1)c1ccc(C(C)(C)C)cc41)-c1cccc(C(C)(C)C)c1-3)c1cccc(C(C)(C)C)c21. The number of likely N-dealkylation sites (tertiary alicyclic amines) is 1. The number of nitrogens with zero attached hydrogens (tertiary/aromatic N) is 7. The quantitative estimate of drug-likeness (QED) is 0.157.